The summed E-state index contributed by atoms with van der Waals surface area (Å²) in [4.78, 5) is 29.9. The van der Waals surface area contributed by atoms with Crippen LogP contribution in [0.4, 0.5) is 18.0 Å². The molecule has 0 radical (unpaired) electrons. The Labute approximate surface area is 229 Å². The van der Waals surface area contributed by atoms with E-state index in [0.717, 1.165) is 4.90 Å². The predicted octanol–water partition coefficient (Wildman–Crippen LogP) is 3.27. The standard InChI is InChI=1S/C25H33F3N6O6/c1-13(14-7-5-4-6-8-14)34(23(35)25(26,27)28)12-15-9-10-16(29)22(38-15)39-20-17(31-32-30)11-18(37-3)19-21(20)40-24(36)33(19)2/h4-8,13,15-22H,9-12,29H2,1-3H3/t13-,15+,16-,17+,18+,19-,20-,21-,22-/m1/s1. The molecular formula is C25H33F3N6O6. The van der Waals surface area contributed by atoms with Gasteiger partial charge in [-0.2, -0.15) is 13.2 Å². The number of methoxy groups -OCH3 is 1. The second-order valence-electron chi connectivity index (χ2n) is 10.2. The SMILES string of the molecule is CO[C@H]1C[C@H](N=[N+]=[N-])[C@@H](O[C@H]2O[C@H](CN(C(=O)C(F)(F)F)[C@H](C)c3ccccc3)CC[C@H]2N)[C@@H]2OC(=O)N(C)[C@@H]21. The van der Waals surface area contributed by atoms with E-state index in [2.05, 4.69) is 10.0 Å². The summed E-state index contributed by atoms with van der Waals surface area (Å²) < 4.78 is 64.0. The monoisotopic (exact) mass is 570 g/mol. The summed E-state index contributed by atoms with van der Waals surface area (Å²) in [6, 6.07) is 5.50. The van der Waals surface area contributed by atoms with Crippen LogP contribution in [-0.4, -0.2) is 97.5 Å². The first-order valence-electron chi connectivity index (χ1n) is 13.0. The Morgan fingerprint density at radius 2 is 2.02 bits per heavy atom. The first-order chi connectivity index (χ1) is 19.0. The van der Waals surface area contributed by atoms with Gasteiger partial charge in [0, 0.05) is 25.6 Å². The summed E-state index contributed by atoms with van der Waals surface area (Å²) in [5.41, 5.74) is 16.0. The largest absolute Gasteiger partial charge is 0.471 e. The number of likely N-dealkylation sites (N-methyl/N-ethyl adjacent to an activating group) is 1. The molecule has 220 valence electrons. The van der Waals surface area contributed by atoms with E-state index in [0.29, 0.717) is 12.0 Å². The number of halogens is 3. The van der Waals surface area contributed by atoms with Gasteiger partial charge < -0.3 is 34.5 Å². The van der Waals surface area contributed by atoms with E-state index < -0.39 is 73.0 Å². The van der Waals surface area contributed by atoms with E-state index in [9.17, 15) is 22.8 Å². The molecule has 15 heteroatoms. The molecule has 1 aromatic rings. The number of azide groups is 1. The van der Waals surface area contributed by atoms with Crippen LogP contribution in [0, 0.1) is 0 Å². The van der Waals surface area contributed by atoms with E-state index in [-0.39, 0.29) is 19.4 Å². The summed E-state index contributed by atoms with van der Waals surface area (Å²) in [6.45, 7) is 1.16. The number of carbonyl (C=O) groups excluding carboxylic acids is 2. The lowest BCUT2D eigenvalue weighted by molar-refractivity contribution is -0.250. The Hall–Kier alpha value is -3.10. The Kier molecular flexibility index (Phi) is 9.10. The van der Waals surface area contributed by atoms with E-state index in [1.54, 1.807) is 37.4 Å². The molecular weight excluding hydrogens is 537 g/mol. The zero-order valence-electron chi connectivity index (χ0n) is 22.3. The van der Waals surface area contributed by atoms with Gasteiger partial charge in [0.05, 0.1) is 30.3 Å². The third-order valence-electron chi connectivity index (χ3n) is 7.81. The molecule has 3 fully saturated rings. The van der Waals surface area contributed by atoms with Crippen LogP contribution >= 0.6 is 0 Å². The van der Waals surface area contributed by atoms with Gasteiger partial charge >= 0.3 is 18.2 Å². The van der Waals surface area contributed by atoms with Gasteiger partial charge in [0.1, 0.15) is 12.1 Å². The molecule has 2 amide bonds. The fraction of sp³-hybridized carbons (Fsp3) is 0.680. The number of benzene rings is 1. The van der Waals surface area contributed by atoms with Gasteiger partial charge in [0.2, 0.25) is 0 Å². The lowest BCUT2D eigenvalue weighted by atomic mass is 9.83. The average Bonchev–Trinajstić information content (AvgIpc) is 3.23. The molecule has 9 atom stereocenters. The number of carbonyl (C=O) groups is 2. The van der Waals surface area contributed by atoms with Gasteiger partial charge in [-0.05, 0) is 37.3 Å². The van der Waals surface area contributed by atoms with Crippen molar-refractivity contribution in [2.75, 3.05) is 20.7 Å². The number of amides is 2. The summed E-state index contributed by atoms with van der Waals surface area (Å²) in [6.07, 6.45) is -9.13. The zero-order chi connectivity index (χ0) is 29.2. The number of nitrogens with zero attached hydrogens (tertiary/aromatic N) is 5. The molecule has 2 saturated heterocycles. The van der Waals surface area contributed by atoms with E-state index in [1.165, 1.54) is 18.9 Å². The topological polar surface area (TPSA) is 152 Å². The summed E-state index contributed by atoms with van der Waals surface area (Å²) in [7, 11) is 3.03. The number of nitrogens with two attached hydrogens (primary N) is 1. The summed E-state index contributed by atoms with van der Waals surface area (Å²) in [5.74, 6) is -1.98. The Balaban J connectivity index is 1.54. The number of rotatable bonds is 8. The Bertz CT molecular complexity index is 1110. The molecule has 0 bridgehead atoms. The minimum absolute atomic E-state index is 0.223. The highest BCUT2D eigenvalue weighted by molar-refractivity contribution is 5.82. The second-order valence-corrected chi connectivity index (χ2v) is 10.2. The third kappa shape index (κ3) is 6.13. The molecule has 4 rings (SSSR count). The molecule has 0 aromatic heterocycles. The minimum Gasteiger partial charge on any atom is -0.441 e. The molecule has 3 aliphatic rings. The van der Waals surface area contributed by atoms with Crippen molar-refractivity contribution in [3.8, 4) is 0 Å². The van der Waals surface area contributed by atoms with Gasteiger partial charge in [0.15, 0.2) is 12.4 Å². The first-order valence-corrected chi connectivity index (χ1v) is 13.0. The van der Waals surface area contributed by atoms with Crippen molar-refractivity contribution in [1.29, 1.82) is 0 Å². The molecule has 2 N–H and O–H groups in total. The van der Waals surface area contributed by atoms with Crippen LogP contribution in [0.1, 0.15) is 37.8 Å². The lowest BCUT2D eigenvalue weighted by Gasteiger charge is -2.44. The minimum atomic E-state index is -5.08. The van der Waals surface area contributed by atoms with E-state index >= 15 is 0 Å². The quantitative estimate of drug-likeness (QED) is 0.286. The van der Waals surface area contributed by atoms with Gasteiger partial charge in [-0.25, -0.2) is 4.79 Å². The van der Waals surface area contributed by atoms with Gasteiger partial charge in [-0.1, -0.05) is 35.4 Å². The number of fused-ring (bicyclic) bond motifs is 1. The average molecular weight is 571 g/mol. The van der Waals surface area contributed by atoms with Gasteiger partial charge in [0.25, 0.3) is 0 Å². The normalized spacial score (nSPS) is 33.0. The van der Waals surface area contributed by atoms with Gasteiger partial charge in [-0.15, -0.1) is 0 Å². The molecule has 2 heterocycles. The van der Waals surface area contributed by atoms with Crippen molar-refractivity contribution in [1.82, 2.24) is 9.80 Å². The summed E-state index contributed by atoms with van der Waals surface area (Å²) >= 11 is 0. The summed E-state index contributed by atoms with van der Waals surface area (Å²) in [5, 5.41) is 3.83. The predicted molar refractivity (Wildman–Crippen MR) is 134 cm³/mol. The van der Waals surface area contributed by atoms with Gasteiger partial charge in [-0.3, -0.25) is 4.79 Å². The molecule has 40 heavy (non-hydrogen) atoms. The van der Waals surface area contributed by atoms with Crippen LogP contribution in [0.15, 0.2) is 35.4 Å². The first kappa shape index (κ1) is 29.9. The molecule has 0 unspecified atom stereocenters. The molecule has 1 saturated carbocycles. The van der Waals surface area contributed by atoms with Crippen molar-refractivity contribution in [2.45, 2.75) is 87.2 Å². The Morgan fingerprint density at radius 1 is 1.32 bits per heavy atom. The van der Waals surface area contributed by atoms with Crippen LogP contribution < -0.4 is 5.73 Å². The van der Waals surface area contributed by atoms with Crippen LogP contribution in [-0.2, 0) is 23.7 Å². The highest BCUT2D eigenvalue weighted by Gasteiger charge is 2.56. The van der Waals surface area contributed by atoms with Crippen LogP contribution in [0.25, 0.3) is 10.4 Å². The highest BCUT2D eigenvalue weighted by atomic mass is 19.4. The fourth-order valence-corrected chi connectivity index (χ4v) is 5.65. The van der Waals surface area contributed by atoms with Crippen LogP contribution in [0.3, 0.4) is 0 Å². The van der Waals surface area contributed by atoms with Crippen molar-refractivity contribution in [2.24, 2.45) is 10.8 Å². The lowest BCUT2D eigenvalue weighted by Crippen LogP contribution is -2.61. The molecule has 2 aliphatic heterocycles. The Morgan fingerprint density at radius 3 is 2.65 bits per heavy atom. The maximum absolute atomic E-state index is 13.6. The molecule has 0 spiro atoms. The second kappa shape index (κ2) is 12.2. The fourth-order valence-electron chi connectivity index (χ4n) is 5.65. The van der Waals surface area contributed by atoms with Crippen molar-refractivity contribution < 1.29 is 41.7 Å². The molecule has 1 aromatic carbocycles. The van der Waals surface area contributed by atoms with Crippen molar-refractivity contribution in [3.05, 3.63) is 46.3 Å². The number of hydrogen-bond acceptors (Lipinski definition) is 8. The molecule has 12 nitrogen and oxygen atoms in total. The number of alkyl halides is 3. The molecule has 1 aliphatic carbocycles. The van der Waals surface area contributed by atoms with E-state index in [4.69, 9.17) is 30.2 Å². The smallest absolute Gasteiger partial charge is 0.441 e. The van der Waals surface area contributed by atoms with Crippen molar-refractivity contribution >= 4 is 12.0 Å². The third-order valence-corrected chi connectivity index (χ3v) is 7.81. The van der Waals surface area contributed by atoms with Crippen LogP contribution in [0.5, 0.6) is 0 Å². The number of hydrogen-bond donors (Lipinski definition) is 1. The van der Waals surface area contributed by atoms with Crippen LogP contribution in [0.2, 0.25) is 0 Å². The maximum Gasteiger partial charge on any atom is 0.471 e. The number of ether oxygens (including phenoxy) is 4. The zero-order valence-corrected chi connectivity index (χ0v) is 22.3. The van der Waals surface area contributed by atoms with E-state index in [1.807, 2.05) is 0 Å². The van der Waals surface area contributed by atoms with Crippen molar-refractivity contribution in [3.63, 3.8) is 0 Å². The highest BCUT2D eigenvalue weighted by Crippen LogP contribution is 2.38. The maximum atomic E-state index is 13.6.